The molecule has 0 spiro atoms. The van der Waals surface area contributed by atoms with Gasteiger partial charge in [-0.1, -0.05) is 42.0 Å². The van der Waals surface area contributed by atoms with Gasteiger partial charge in [0.2, 0.25) is 10.0 Å². The molecule has 0 aliphatic heterocycles. The SMILES string of the molecule is Cc1ccc(C=CS(=O)(=O)NCC(O)c2ccc(N(C)C)cc2)cc1. The van der Waals surface area contributed by atoms with Gasteiger partial charge in [-0.3, -0.25) is 0 Å². The molecule has 1 atom stereocenters. The van der Waals surface area contributed by atoms with Gasteiger partial charge >= 0.3 is 0 Å². The zero-order valence-electron chi connectivity index (χ0n) is 14.7. The predicted octanol–water partition coefficient (Wildman–Crippen LogP) is 2.68. The molecule has 5 nitrogen and oxygen atoms in total. The predicted molar refractivity (Wildman–Crippen MR) is 103 cm³/mol. The van der Waals surface area contributed by atoms with Crippen molar-refractivity contribution in [3.63, 3.8) is 0 Å². The largest absolute Gasteiger partial charge is 0.387 e. The molecule has 0 bridgehead atoms. The van der Waals surface area contributed by atoms with Gasteiger partial charge in [-0.15, -0.1) is 0 Å². The Labute approximate surface area is 149 Å². The van der Waals surface area contributed by atoms with Gasteiger partial charge in [0.1, 0.15) is 0 Å². The summed E-state index contributed by atoms with van der Waals surface area (Å²) in [5.74, 6) is 0. The Morgan fingerprint density at radius 2 is 1.68 bits per heavy atom. The molecular weight excluding hydrogens is 336 g/mol. The van der Waals surface area contributed by atoms with Crippen molar-refractivity contribution in [1.82, 2.24) is 4.72 Å². The second-order valence-electron chi connectivity index (χ2n) is 6.11. The van der Waals surface area contributed by atoms with Crippen molar-refractivity contribution < 1.29 is 13.5 Å². The monoisotopic (exact) mass is 360 g/mol. The number of benzene rings is 2. The van der Waals surface area contributed by atoms with Crippen molar-refractivity contribution in [3.05, 3.63) is 70.6 Å². The van der Waals surface area contributed by atoms with Crippen molar-refractivity contribution in [1.29, 1.82) is 0 Å². The van der Waals surface area contributed by atoms with Gasteiger partial charge in [0.05, 0.1) is 6.10 Å². The third-order valence-corrected chi connectivity index (χ3v) is 4.85. The molecule has 2 rings (SSSR count). The van der Waals surface area contributed by atoms with Crippen LogP contribution in [0.15, 0.2) is 53.9 Å². The van der Waals surface area contributed by atoms with Crippen LogP contribution in [0.25, 0.3) is 6.08 Å². The van der Waals surface area contributed by atoms with Crippen molar-refractivity contribution in [2.75, 3.05) is 25.5 Å². The number of rotatable bonds is 7. The van der Waals surface area contributed by atoms with Crippen LogP contribution in [0.3, 0.4) is 0 Å². The molecular formula is C19H24N2O3S. The number of aliphatic hydroxyl groups is 1. The van der Waals surface area contributed by atoms with E-state index in [0.29, 0.717) is 5.56 Å². The quantitative estimate of drug-likeness (QED) is 0.796. The Morgan fingerprint density at radius 1 is 1.08 bits per heavy atom. The van der Waals surface area contributed by atoms with Gasteiger partial charge in [-0.2, -0.15) is 0 Å². The highest BCUT2D eigenvalue weighted by Gasteiger charge is 2.12. The lowest BCUT2D eigenvalue weighted by Gasteiger charge is -2.15. The molecule has 0 heterocycles. The van der Waals surface area contributed by atoms with Crippen LogP contribution in [-0.2, 0) is 10.0 Å². The summed E-state index contributed by atoms with van der Waals surface area (Å²) in [5.41, 5.74) is 3.59. The van der Waals surface area contributed by atoms with E-state index in [2.05, 4.69) is 4.72 Å². The summed E-state index contributed by atoms with van der Waals surface area (Å²) in [5, 5.41) is 11.3. The van der Waals surface area contributed by atoms with Crippen LogP contribution in [0, 0.1) is 6.92 Å². The lowest BCUT2D eigenvalue weighted by molar-refractivity contribution is 0.182. The molecule has 1 unspecified atom stereocenters. The van der Waals surface area contributed by atoms with Gasteiger partial charge in [-0.25, -0.2) is 13.1 Å². The first-order chi connectivity index (χ1) is 11.8. The molecule has 0 radical (unpaired) electrons. The summed E-state index contributed by atoms with van der Waals surface area (Å²) in [7, 11) is 0.248. The van der Waals surface area contributed by atoms with Crippen molar-refractivity contribution in [2.24, 2.45) is 0 Å². The molecule has 2 N–H and O–H groups in total. The summed E-state index contributed by atoms with van der Waals surface area (Å²) in [6.45, 7) is 1.89. The third-order valence-electron chi connectivity index (χ3n) is 3.79. The average molecular weight is 360 g/mol. The summed E-state index contributed by atoms with van der Waals surface area (Å²) >= 11 is 0. The Bertz CT molecular complexity index is 811. The smallest absolute Gasteiger partial charge is 0.233 e. The van der Waals surface area contributed by atoms with Gasteiger partial charge in [0.15, 0.2) is 0 Å². The number of nitrogens with zero attached hydrogens (tertiary/aromatic N) is 1. The number of hydrogen-bond acceptors (Lipinski definition) is 4. The molecule has 25 heavy (non-hydrogen) atoms. The normalized spacial score (nSPS) is 13.1. The van der Waals surface area contributed by atoms with E-state index in [-0.39, 0.29) is 6.54 Å². The molecule has 0 saturated carbocycles. The van der Waals surface area contributed by atoms with Crippen LogP contribution in [0.2, 0.25) is 0 Å². The maximum atomic E-state index is 12.0. The van der Waals surface area contributed by atoms with Crippen LogP contribution in [0.4, 0.5) is 5.69 Å². The highest BCUT2D eigenvalue weighted by Crippen LogP contribution is 2.17. The molecule has 2 aromatic rings. The van der Waals surface area contributed by atoms with Gasteiger partial charge in [0.25, 0.3) is 0 Å². The third kappa shape index (κ3) is 6.01. The van der Waals surface area contributed by atoms with E-state index in [1.165, 1.54) is 6.08 Å². The Balaban J connectivity index is 1.95. The molecule has 6 heteroatoms. The zero-order valence-corrected chi connectivity index (χ0v) is 15.5. The summed E-state index contributed by atoms with van der Waals surface area (Å²) in [6.07, 6.45) is 0.624. The number of anilines is 1. The van der Waals surface area contributed by atoms with Gasteiger partial charge < -0.3 is 10.0 Å². The van der Waals surface area contributed by atoms with E-state index < -0.39 is 16.1 Å². The second-order valence-corrected chi connectivity index (χ2v) is 7.76. The van der Waals surface area contributed by atoms with E-state index in [0.717, 1.165) is 22.2 Å². The van der Waals surface area contributed by atoms with E-state index in [1.54, 1.807) is 12.1 Å². The molecule has 0 saturated heterocycles. The van der Waals surface area contributed by atoms with Crippen LogP contribution in [0.1, 0.15) is 22.8 Å². The van der Waals surface area contributed by atoms with Crippen molar-refractivity contribution in [2.45, 2.75) is 13.0 Å². The number of sulfonamides is 1. The number of aliphatic hydroxyl groups excluding tert-OH is 1. The second kappa shape index (κ2) is 8.29. The maximum Gasteiger partial charge on any atom is 0.233 e. The van der Waals surface area contributed by atoms with Crippen LogP contribution in [0.5, 0.6) is 0 Å². The highest BCUT2D eigenvalue weighted by atomic mass is 32.2. The highest BCUT2D eigenvalue weighted by molar-refractivity contribution is 7.92. The van der Waals surface area contributed by atoms with Crippen LogP contribution in [-0.4, -0.2) is 34.2 Å². The molecule has 134 valence electrons. The zero-order chi connectivity index (χ0) is 18.4. The minimum absolute atomic E-state index is 0.0815. The van der Waals surface area contributed by atoms with E-state index >= 15 is 0 Å². The standard InChI is InChI=1S/C19H24N2O3S/c1-15-4-6-16(7-5-15)12-13-25(23,24)20-14-19(22)17-8-10-18(11-9-17)21(2)3/h4-13,19-20,22H,14H2,1-3H3. The minimum atomic E-state index is -3.61. The van der Waals surface area contributed by atoms with Crippen LogP contribution >= 0.6 is 0 Å². The van der Waals surface area contributed by atoms with E-state index in [9.17, 15) is 13.5 Å². The van der Waals surface area contributed by atoms with Crippen molar-refractivity contribution in [3.8, 4) is 0 Å². The first-order valence-corrected chi connectivity index (χ1v) is 9.51. The first kappa shape index (κ1) is 19.2. The molecule has 0 aromatic heterocycles. The van der Waals surface area contributed by atoms with Crippen LogP contribution < -0.4 is 9.62 Å². The average Bonchev–Trinajstić information content (AvgIpc) is 2.59. The summed E-state index contributed by atoms with van der Waals surface area (Å²) < 4.78 is 26.5. The molecule has 0 aliphatic rings. The molecule has 2 aromatic carbocycles. The number of hydrogen-bond donors (Lipinski definition) is 2. The van der Waals surface area contributed by atoms with Gasteiger partial charge in [-0.05, 0) is 36.3 Å². The Morgan fingerprint density at radius 3 is 2.24 bits per heavy atom. The molecule has 0 fully saturated rings. The number of nitrogens with one attached hydrogen (secondary N) is 1. The fraction of sp³-hybridized carbons (Fsp3) is 0.263. The summed E-state index contributed by atoms with van der Waals surface area (Å²) in [6, 6.07) is 14.9. The molecule has 0 aliphatic carbocycles. The first-order valence-electron chi connectivity index (χ1n) is 7.96. The van der Waals surface area contributed by atoms with E-state index in [4.69, 9.17) is 0 Å². The fourth-order valence-electron chi connectivity index (χ4n) is 2.20. The lowest BCUT2D eigenvalue weighted by Crippen LogP contribution is -2.26. The topological polar surface area (TPSA) is 69.6 Å². The maximum absolute atomic E-state index is 12.0. The minimum Gasteiger partial charge on any atom is -0.387 e. The Hall–Kier alpha value is -2.15. The van der Waals surface area contributed by atoms with E-state index in [1.807, 2.05) is 62.3 Å². The van der Waals surface area contributed by atoms with Crippen molar-refractivity contribution >= 4 is 21.8 Å². The fourth-order valence-corrected chi connectivity index (χ4v) is 3.02. The Kier molecular flexibility index (Phi) is 6.36. The lowest BCUT2D eigenvalue weighted by atomic mass is 10.1. The van der Waals surface area contributed by atoms with Gasteiger partial charge in [0, 0.05) is 31.7 Å². The summed E-state index contributed by atoms with van der Waals surface area (Å²) in [4.78, 5) is 1.95. The number of aryl methyl sites for hydroxylation is 1. The molecule has 0 amide bonds.